The van der Waals surface area contributed by atoms with Gasteiger partial charge in [-0.3, -0.25) is 4.79 Å². The molecule has 1 heterocycles. The van der Waals surface area contributed by atoms with Crippen molar-refractivity contribution in [3.8, 4) is 0 Å². The lowest BCUT2D eigenvalue weighted by Crippen LogP contribution is -2.53. The summed E-state index contributed by atoms with van der Waals surface area (Å²) in [6.07, 6.45) is 2.12. The van der Waals surface area contributed by atoms with Crippen molar-refractivity contribution in [1.82, 2.24) is 15.5 Å². The van der Waals surface area contributed by atoms with E-state index in [1.165, 1.54) is 12.1 Å². The maximum absolute atomic E-state index is 12.9. The number of benzene rings is 1. The molecule has 0 saturated carbocycles. The van der Waals surface area contributed by atoms with Crippen molar-refractivity contribution < 1.29 is 19.1 Å². The molecule has 1 aliphatic heterocycles. The van der Waals surface area contributed by atoms with Crippen molar-refractivity contribution in [2.45, 2.75) is 51.3 Å². The molecule has 0 bridgehead atoms. The molecule has 0 radical (unpaired) electrons. The maximum Gasteiger partial charge on any atom is 0.315 e. The van der Waals surface area contributed by atoms with Crippen LogP contribution in [0.1, 0.15) is 38.2 Å². The second-order valence-corrected chi connectivity index (χ2v) is 6.35. The number of piperidine rings is 1. The zero-order valence-electron chi connectivity index (χ0n) is 14.5. The molecule has 0 aromatic heterocycles. The van der Waals surface area contributed by atoms with Crippen LogP contribution in [0, 0.1) is 5.82 Å². The van der Waals surface area contributed by atoms with Gasteiger partial charge in [0.15, 0.2) is 0 Å². The fraction of sp³-hybridized carbons (Fsp3) is 0.556. The first-order valence-electron chi connectivity index (χ1n) is 8.75. The number of rotatable bonds is 6. The van der Waals surface area contributed by atoms with E-state index in [0.717, 1.165) is 12.0 Å². The average molecular weight is 351 g/mol. The molecular weight excluding hydrogens is 325 g/mol. The van der Waals surface area contributed by atoms with Gasteiger partial charge in [0.2, 0.25) is 5.91 Å². The molecule has 7 heteroatoms. The largest absolute Gasteiger partial charge is 0.393 e. The summed E-state index contributed by atoms with van der Waals surface area (Å²) in [7, 11) is 0. The number of hydrogen-bond donors (Lipinski definition) is 3. The number of likely N-dealkylation sites (tertiary alicyclic amines) is 1. The first kappa shape index (κ1) is 19.2. The number of nitrogens with zero attached hydrogens (tertiary/aromatic N) is 1. The fourth-order valence-electron chi connectivity index (χ4n) is 2.85. The summed E-state index contributed by atoms with van der Waals surface area (Å²) in [5.41, 5.74) is 0.778. The predicted octanol–water partition coefficient (Wildman–Crippen LogP) is 1.78. The molecule has 2 rings (SSSR count). The van der Waals surface area contributed by atoms with Crippen LogP contribution in [0.3, 0.4) is 0 Å². The molecule has 1 aromatic rings. The van der Waals surface area contributed by atoms with Crippen molar-refractivity contribution >= 4 is 11.9 Å². The van der Waals surface area contributed by atoms with Crippen LogP contribution >= 0.6 is 0 Å². The SMILES string of the molecule is CCCC(NC(=O)NCc1ccc(F)cc1)C(=O)N1CCC(O)CC1. The molecule has 138 valence electrons. The number of halogens is 1. The zero-order chi connectivity index (χ0) is 18.2. The second kappa shape index (κ2) is 9.36. The number of carbonyl (C=O) groups is 2. The Balaban J connectivity index is 1.85. The van der Waals surface area contributed by atoms with E-state index in [9.17, 15) is 19.1 Å². The highest BCUT2D eigenvalue weighted by atomic mass is 19.1. The quantitative estimate of drug-likeness (QED) is 0.731. The number of aliphatic hydroxyl groups excluding tert-OH is 1. The van der Waals surface area contributed by atoms with E-state index in [1.54, 1.807) is 17.0 Å². The second-order valence-electron chi connectivity index (χ2n) is 6.35. The molecule has 1 unspecified atom stereocenters. The number of hydrogen-bond acceptors (Lipinski definition) is 3. The summed E-state index contributed by atoms with van der Waals surface area (Å²) in [4.78, 5) is 26.4. The first-order valence-corrected chi connectivity index (χ1v) is 8.75. The van der Waals surface area contributed by atoms with Gasteiger partial charge in [0, 0.05) is 19.6 Å². The molecular formula is C18H26FN3O3. The van der Waals surface area contributed by atoms with Crippen molar-refractivity contribution in [2.24, 2.45) is 0 Å². The van der Waals surface area contributed by atoms with Crippen LogP contribution in [0.4, 0.5) is 9.18 Å². The highest BCUT2D eigenvalue weighted by Gasteiger charge is 2.28. The van der Waals surface area contributed by atoms with E-state index in [4.69, 9.17) is 0 Å². The maximum atomic E-state index is 12.9. The van der Waals surface area contributed by atoms with Gasteiger partial charge in [-0.05, 0) is 37.0 Å². The predicted molar refractivity (Wildman–Crippen MR) is 92.3 cm³/mol. The van der Waals surface area contributed by atoms with Crippen LogP contribution in [0.25, 0.3) is 0 Å². The Hall–Kier alpha value is -2.15. The number of carbonyl (C=O) groups excluding carboxylic acids is 2. The number of amides is 3. The third-order valence-electron chi connectivity index (χ3n) is 4.32. The Morgan fingerprint density at radius 2 is 1.92 bits per heavy atom. The Morgan fingerprint density at radius 1 is 1.28 bits per heavy atom. The minimum Gasteiger partial charge on any atom is -0.393 e. The third-order valence-corrected chi connectivity index (χ3v) is 4.32. The molecule has 1 aromatic carbocycles. The van der Waals surface area contributed by atoms with Crippen molar-refractivity contribution in [3.05, 3.63) is 35.6 Å². The summed E-state index contributed by atoms with van der Waals surface area (Å²) in [5, 5.41) is 15.0. The van der Waals surface area contributed by atoms with Crippen LogP contribution in [0.5, 0.6) is 0 Å². The molecule has 1 aliphatic rings. The van der Waals surface area contributed by atoms with Gasteiger partial charge in [-0.25, -0.2) is 9.18 Å². The summed E-state index contributed by atoms with van der Waals surface area (Å²) >= 11 is 0. The van der Waals surface area contributed by atoms with Gasteiger partial charge in [-0.15, -0.1) is 0 Å². The molecule has 6 nitrogen and oxygen atoms in total. The Morgan fingerprint density at radius 3 is 2.52 bits per heavy atom. The smallest absolute Gasteiger partial charge is 0.315 e. The van der Waals surface area contributed by atoms with Crippen LogP contribution < -0.4 is 10.6 Å². The van der Waals surface area contributed by atoms with E-state index >= 15 is 0 Å². The highest BCUT2D eigenvalue weighted by molar-refractivity contribution is 5.87. The van der Waals surface area contributed by atoms with Crippen LogP contribution in [0.2, 0.25) is 0 Å². The van der Waals surface area contributed by atoms with Gasteiger partial charge in [0.25, 0.3) is 0 Å². The molecule has 1 fully saturated rings. The topological polar surface area (TPSA) is 81.7 Å². The molecule has 3 amide bonds. The summed E-state index contributed by atoms with van der Waals surface area (Å²) < 4.78 is 12.9. The average Bonchev–Trinajstić information content (AvgIpc) is 2.61. The summed E-state index contributed by atoms with van der Waals surface area (Å²) in [6.45, 7) is 3.24. The standard InChI is InChI=1S/C18H26FN3O3/c1-2-3-16(17(24)22-10-8-15(23)9-11-22)21-18(25)20-12-13-4-6-14(19)7-5-13/h4-7,15-16,23H,2-3,8-12H2,1H3,(H2,20,21,25). The van der Waals surface area contributed by atoms with Gasteiger partial charge in [-0.2, -0.15) is 0 Å². The van der Waals surface area contributed by atoms with Crippen LogP contribution in [-0.4, -0.2) is 47.2 Å². The third kappa shape index (κ3) is 6.01. The molecule has 0 spiro atoms. The van der Waals surface area contributed by atoms with Crippen LogP contribution in [-0.2, 0) is 11.3 Å². The normalized spacial score (nSPS) is 16.4. The molecule has 25 heavy (non-hydrogen) atoms. The lowest BCUT2D eigenvalue weighted by atomic mass is 10.1. The molecule has 3 N–H and O–H groups in total. The molecule has 1 atom stereocenters. The van der Waals surface area contributed by atoms with Crippen molar-refractivity contribution in [2.75, 3.05) is 13.1 Å². The van der Waals surface area contributed by atoms with Gasteiger partial charge in [0.05, 0.1) is 6.10 Å². The van der Waals surface area contributed by atoms with E-state index in [2.05, 4.69) is 10.6 Å². The monoisotopic (exact) mass is 351 g/mol. The van der Waals surface area contributed by atoms with E-state index in [-0.39, 0.29) is 24.4 Å². The molecule has 0 aliphatic carbocycles. The summed E-state index contributed by atoms with van der Waals surface area (Å²) in [5.74, 6) is -0.431. The van der Waals surface area contributed by atoms with E-state index in [1.807, 2.05) is 6.92 Å². The highest BCUT2D eigenvalue weighted by Crippen LogP contribution is 2.13. The van der Waals surface area contributed by atoms with Gasteiger partial charge < -0.3 is 20.6 Å². The van der Waals surface area contributed by atoms with Gasteiger partial charge >= 0.3 is 6.03 Å². The van der Waals surface area contributed by atoms with Crippen molar-refractivity contribution in [1.29, 1.82) is 0 Å². The first-order chi connectivity index (χ1) is 12.0. The zero-order valence-corrected chi connectivity index (χ0v) is 14.5. The lowest BCUT2D eigenvalue weighted by Gasteiger charge is -2.32. The van der Waals surface area contributed by atoms with Crippen LogP contribution in [0.15, 0.2) is 24.3 Å². The molecule has 1 saturated heterocycles. The van der Waals surface area contributed by atoms with Gasteiger partial charge in [-0.1, -0.05) is 25.5 Å². The Labute approximate surface area is 147 Å². The minimum atomic E-state index is -0.575. The van der Waals surface area contributed by atoms with E-state index in [0.29, 0.717) is 32.4 Å². The lowest BCUT2D eigenvalue weighted by molar-refractivity contribution is -0.135. The fourth-order valence-corrected chi connectivity index (χ4v) is 2.85. The Bertz CT molecular complexity index is 571. The number of nitrogens with one attached hydrogen (secondary N) is 2. The number of urea groups is 1. The van der Waals surface area contributed by atoms with Gasteiger partial charge in [0.1, 0.15) is 11.9 Å². The van der Waals surface area contributed by atoms with Crippen molar-refractivity contribution in [3.63, 3.8) is 0 Å². The number of aliphatic hydroxyl groups is 1. The summed E-state index contributed by atoms with van der Waals surface area (Å²) in [6, 6.07) is 4.88. The van der Waals surface area contributed by atoms with E-state index < -0.39 is 12.1 Å². The Kier molecular flexibility index (Phi) is 7.18. The minimum absolute atomic E-state index is 0.106.